The summed E-state index contributed by atoms with van der Waals surface area (Å²) in [5.41, 5.74) is 3.48. The summed E-state index contributed by atoms with van der Waals surface area (Å²) in [6.07, 6.45) is 2.64. The van der Waals surface area contributed by atoms with Gasteiger partial charge in [0.15, 0.2) is 0 Å². The molecule has 2 fully saturated rings. The Balaban J connectivity index is 1.14. The Morgan fingerprint density at radius 3 is 2.10 bits per heavy atom. The molecule has 0 spiro atoms. The van der Waals surface area contributed by atoms with Crippen molar-refractivity contribution in [1.82, 2.24) is 30.2 Å². The van der Waals surface area contributed by atoms with E-state index in [0.717, 1.165) is 41.3 Å². The summed E-state index contributed by atoms with van der Waals surface area (Å²) >= 11 is 0. The van der Waals surface area contributed by atoms with Crippen molar-refractivity contribution >= 4 is 21.0 Å². The number of hydrogen-bond donors (Lipinski definition) is 3. The van der Waals surface area contributed by atoms with E-state index in [1.54, 1.807) is 11.1 Å². The van der Waals surface area contributed by atoms with Gasteiger partial charge in [0.2, 0.25) is 5.95 Å². The number of piperidine rings is 1. The number of nitrogens with one attached hydrogen (secondary N) is 3. The lowest BCUT2D eigenvalue weighted by Gasteiger charge is -2.29. The van der Waals surface area contributed by atoms with Gasteiger partial charge in [-0.3, -0.25) is 4.90 Å². The van der Waals surface area contributed by atoms with Crippen molar-refractivity contribution in [3.8, 4) is 33.6 Å². The molecule has 4 atom stereocenters. The van der Waals surface area contributed by atoms with Crippen molar-refractivity contribution in [3.63, 3.8) is 0 Å². The third-order valence-corrected chi connectivity index (χ3v) is 9.84. The van der Waals surface area contributed by atoms with E-state index in [2.05, 4.69) is 38.3 Å². The number of carbonyl (C=O) groups excluding carboxylic acids is 2. The molecular formula is C37H46FN6O4Si. The molecule has 1 saturated heterocycles. The molecule has 3 heterocycles. The lowest BCUT2D eigenvalue weighted by atomic mass is 10.0. The maximum absolute atomic E-state index is 15.2. The van der Waals surface area contributed by atoms with Gasteiger partial charge in [0.1, 0.15) is 28.5 Å². The number of likely N-dealkylation sites (tertiary alicyclic amines) is 1. The SMILES string of the molecule is C[Si](C)C[C@H](NC(=O)OC(C)(C)C)c1ncc(-c2ccc(-c3ccc(-c4nc([C@@H]5C[C@H]6C[C@H]6N5C(=O)OC(C)(C)C)[nH]c4F)cc3)cc2)[nH]1. The van der Waals surface area contributed by atoms with Crippen LogP contribution in [0.15, 0.2) is 54.7 Å². The highest BCUT2D eigenvalue weighted by Gasteiger charge is 2.56. The second-order valence-corrected chi connectivity index (χ2v) is 18.3. The van der Waals surface area contributed by atoms with Crippen LogP contribution in [0.1, 0.15) is 78.1 Å². The third kappa shape index (κ3) is 8.06. The van der Waals surface area contributed by atoms with Gasteiger partial charge in [-0.05, 0) is 83.0 Å². The highest BCUT2D eigenvalue weighted by atomic mass is 28.3. The van der Waals surface area contributed by atoms with Gasteiger partial charge < -0.3 is 24.8 Å². The maximum atomic E-state index is 15.2. The summed E-state index contributed by atoms with van der Waals surface area (Å²) in [6, 6.07) is 16.1. The van der Waals surface area contributed by atoms with Gasteiger partial charge in [-0.2, -0.15) is 4.39 Å². The van der Waals surface area contributed by atoms with Crippen molar-refractivity contribution in [1.29, 1.82) is 0 Å². The monoisotopic (exact) mass is 685 g/mol. The standard InChI is InChI=1S/C37H46FN6O4Si/c1-36(2,3)47-34(45)41-27(20-49(7)8)32-39-19-26(40-32)23-13-9-21(10-14-23)22-11-15-24(16-12-22)30-31(38)43-33(42-30)29-18-25-17-28(25)44(29)35(46)48-37(4,5)6/h9-16,19,25,27-29H,17-18,20H2,1-8H3,(H,39,40)(H,41,45)(H,42,43)/t25-,27+,28-,29+/m1/s1. The van der Waals surface area contributed by atoms with Crippen LogP contribution in [0.3, 0.4) is 0 Å². The van der Waals surface area contributed by atoms with Crippen molar-refractivity contribution in [2.75, 3.05) is 0 Å². The Labute approximate surface area is 288 Å². The Morgan fingerprint density at radius 1 is 0.918 bits per heavy atom. The number of alkyl carbamates (subject to hydrolysis) is 1. The number of H-pyrrole nitrogens is 2. The Hall–Kier alpha value is -4.45. The van der Waals surface area contributed by atoms with E-state index >= 15 is 4.39 Å². The molecule has 0 bridgehead atoms. The van der Waals surface area contributed by atoms with E-state index in [-0.39, 0.29) is 29.9 Å². The van der Waals surface area contributed by atoms with E-state index in [0.29, 0.717) is 23.1 Å². The molecule has 6 rings (SSSR count). The van der Waals surface area contributed by atoms with Crippen LogP contribution >= 0.6 is 0 Å². The molecule has 3 N–H and O–H groups in total. The smallest absolute Gasteiger partial charge is 0.411 e. The first kappa shape index (κ1) is 34.4. The molecule has 2 aromatic heterocycles. The zero-order chi connectivity index (χ0) is 35.2. The minimum atomic E-state index is -0.672. The van der Waals surface area contributed by atoms with Crippen LogP contribution in [0.2, 0.25) is 19.1 Å². The number of rotatable bonds is 8. The van der Waals surface area contributed by atoms with Crippen LogP contribution < -0.4 is 5.32 Å². The van der Waals surface area contributed by atoms with Crippen LogP contribution in [0.25, 0.3) is 33.6 Å². The second kappa shape index (κ2) is 13.1. The van der Waals surface area contributed by atoms with Crippen LogP contribution in [-0.2, 0) is 9.47 Å². The number of carbonyl (C=O) groups is 2. The normalized spacial score (nSPS) is 19.5. The fourth-order valence-electron chi connectivity index (χ4n) is 6.39. The van der Waals surface area contributed by atoms with Crippen LogP contribution in [0.5, 0.6) is 0 Å². The summed E-state index contributed by atoms with van der Waals surface area (Å²) in [5, 5.41) is 2.99. The predicted molar refractivity (Wildman–Crippen MR) is 189 cm³/mol. The van der Waals surface area contributed by atoms with Gasteiger partial charge in [-0.1, -0.05) is 61.6 Å². The molecule has 1 radical (unpaired) electrons. The van der Waals surface area contributed by atoms with Crippen LogP contribution in [-0.4, -0.2) is 63.1 Å². The third-order valence-electron chi connectivity index (χ3n) is 8.62. The van der Waals surface area contributed by atoms with Crippen LogP contribution in [0.4, 0.5) is 14.0 Å². The Morgan fingerprint density at radius 2 is 1.51 bits per heavy atom. The predicted octanol–water partition coefficient (Wildman–Crippen LogP) is 8.66. The molecule has 2 aliphatic rings. The first-order chi connectivity index (χ1) is 23.0. The number of imidazole rings is 2. The number of amides is 2. The van der Waals surface area contributed by atoms with Crippen LogP contribution in [0, 0.1) is 11.9 Å². The van der Waals surface area contributed by atoms with Crippen molar-refractivity contribution in [2.45, 2.75) is 103 Å². The minimum Gasteiger partial charge on any atom is -0.444 e. The van der Waals surface area contributed by atoms with Crippen molar-refractivity contribution in [2.24, 2.45) is 5.92 Å². The molecule has 1 aliphatic heterocycles. The summed E-state index contributed by atoms with van der Waals surface area (Å²) in [6.45, 7) is 15.5. The minimum absolute atomic E-state index is 0.126. The van der Waals surface area contributed by atoms with Gasteiger partial charge in [-0.25, -0.2) is 19.6 Å². The average Bonchev–Trinajstić information content (AvgIpc) is 3.33. The molecule has 0 unspecified atom stereocenters. The summed E-state index contributed by atoms with van der Waals surface area (Å²) in [4.78, 5) is 42.7. The van der Waals surface area contributed by atoms with E-state index in [4.69, 9.17) is 9.47 Å². The summed E-state index contributed by atoms with van der Waals surface area (Å²) in [5.74, 6) is 1.03. The number of nitrogens with zero attached hydrogens (tertiary/aromatic N) is 3. The fourth-order valence-corrected chi connectivity index (χ4v) is 7.51. The quantitative estimate of drug-likeness (QED) is 0.160. The Kier molecular flexibility index (Phi) is 9.21. The molecule has 1 saturated carbocycles. The molecule has 2 amide bonds. The lowest BCUT2D eigenvalue weighted by molar-refractivity contribution is 0.0174. The molecular weight excluding hydrogens is 640 g/mol. The zero-order valence-corrected chi connectivity index (χ0v) is 30.5. The lowest BCUT2D eigenvalue weighted by Crippen LogP contribution is -2.38. The topological polar surface area (TPSA) is 125 Å². The maximum Gasteiger partial charge on any atom is 0.411 e. The zero-order valence-electron chi connectivity index (χ0n) is 29.5. The first-order valence-corrected chi connectivity index (χ1v) is 19.6. The van der Waals surface area contributed by atoms with Gasteiger partial charge in [0, 0.05) is 20.4 Å². The number of halogens is 1. The van der Waals surface area contributed by atoms with E-state index in [1.165, 1.54) is 0 Å². The summed E-state index contributed by atoms with van der Waals surface area (Å²) < 4.78 is 26.4. The molecule has 1 aliphatic carbocycles. The van der Waals surface area contributed by atoms with Crippen molar-refractivity contribution in [3.05, 3.63) is 72.3 Å². The summed E-state index contributed by atoms with van der Waals surface area (Å²) in [7, 11) is -0.672. The van der Waals surface area contributed by atoms with Gasteiger partial charge in [0.05, 0.1) is 24.0 Å². The highest BCUT2D eigenvalue weighted by molar-refractivity contribution is 6.55. The van der Waals surface area contributed by atoms with Gasteiger partial charge >= 0.3 is 12.2 Å². The second-order valence-electron chi connectivity index (χ2n) is 15.4. The Bertz CT molecular complexity index is 1810. The number of fused-ring (bicyclic) bond motifs is 1. The molecule has 4 aromatic rings. The molecule has 259 valence electrons. The van der Waals surface area contributed by atoms with E-state index in [1.807, 2.05) is 90.1 Å². The molecule has 10 nitrogen and oxygen atoms in total. The van der Waals surface area contributed by atoms with E-state index in [9.17, 15) is 9.59 Å². The first-order valence-electron chi connectivity index (χ1n) is 16.9. The van der Waals surface area contributed by atoms with Crippen molar-refractivity contribution < 1.29 is 23.5 Å². The van der Waals surface area contributed by atoms with E-state index < -0.39 is 32.0 Å². The molecule has 12 heteroatoms. The molecule has 2 aromatic carbocycles. The molecule has 49 heavy (non-hydrogen) atoms. The fraction of sp³-hybridized carbons (Fsp3) is 0.459. The van der Waals surface area contributed by atoms with Gasteiger partial charge in [0.25, 0.3) is 0 Å². The number of aromatic nitrogens is 4. The number of benzene rings is 2. The average molecular weight is 686 g/mol. The number of ether oxygens (including phenoxy) is 2. The highest BCUT2D eigenvalue weighted by Crippen LogP contribution is 2.53. The largest absolute Gasteiger partial charge is 0.444 e. The number of aromatic amines is 2. The van der Waals surface area contributed by atoms with Gasteiger partial charge in [-0.15, -0.1) is 0 Å². The number of hydrogen-bond acceptors (Lipinski definition) is 6.